The van der Waals surface area contributed by atoms with Gasteiger partial charge in [0.05, 0.1) is 22.9 Å². The lowest BCUT2D eigenvalue weighted by Crippen LogP contribution is -2.16. The normalized spacial score (nSPS) is 13.7. The molecule has 7 nitrogen and oxygen atoms in total. The van der Waals surface area contributed by atoms with Crippen LogP contribution in [0.1, 0.15) is 34.8 Å². The predicted molar refractivity (Wildman–Crippen MR) is 99.1 cm³/mol. The molecule has 1 aliphatic carbocycles. The molecular formula is C19H20F3N5O2. The largest absolute Gasteiger partial charge is 0.573 e. The fraction of sp³-hybridized carbons (Fsp3) is 0.368. The van der Waals surface area contributed by atoms with Gasteiger partial charge in [-0.25, -0.2) is 9.97 Å². The number of aryl methyl sites for hydroxylation is 2. The number of ether oxygens (including phenoxy) is 1. The van der Waals surface area contributed by atoms with Crippen LogP contribution in [0, 0.1) is 12.8 Å². The Morgan fingerprint density at radius 3 is 2.55 bits per heavy atom. The lowest BCUT2D eigenvalue weighted by molar-refractivity contribution is -0.274. The predicted octanol–water partition coefficient (Wildman–Crippen LogP) is 3.31. The molecule has 10 heteroatoms. The molecule has 0 atom stereocenters. The van der Waals surface area contributed by atoms with E-state index in [0.717, 1.165) is 23.5 Å². The average Bonchev–Trinajstić information content (AvgIpc) is 3.39. The third-order valence-corrected chi connectivity index (χ3v) is 4.38. The van der Waals surface area contributed by atoms with Crippen LogP contribution in [-0.2, 0) is 13.5 Å². The van der Waals surface area contributed by atoms with E-state index in [9.17, 15) is 18.0 Å². The number of benzene rings is 1. The molecule has 0 saturated heterocycles. The van der Waals surface area contributed by atoms with Crippen LogP contribution in [0.3, 0.4) is 0 Å². The number of rotatable bonds is 4. The molecule has 29 heavy (non-hydrogen) atoms. The Kier molecular flexibility index (Phi) is 5.71. The molecule has 2 heterocycles. The van der Waals surface area contributed by atoms with Crippen molar-refractivity contribution in [3.63, 3.8) is 0 Å². The summed E-state index contributed by atoms with van der Waals surface area (Å²) >= 11 is 0. The van der Waals surface area contributed by atoms with Crippen LogP contribution >= 0.6 is 0 Å². The first kappa shape index (κ1) is 20.6. The molecule has 2 aromatic heterocycles. The Balaban J connectivity index is 0.000000204. The summed E-state index contributed by atoms with van der Waals surface area (Å²) in [5.41, 5.74) is 7.26. The number of hydrogen-bond donors (Lipinski definition) is 1. The zero-order chi connectivity index (χ0) is 21.2. The van der Waals surface area contributed by atoms with Crippen molar-refractivity contribution >= 4 is 16.9 Å². The van der Waals surface area contributed by atoms with Crippen molar-refractivity contribution in [2.24, 2.45) is 18.7 Å². The second-order valence-electron chi connectivity index (χ2n) is 6.84. The van der Waals surface area contributed by atoms with Crippen molar-refractivity contribution < 1.29 is 22.7 Å². The van der Waals surface area contributed by atoms with Crippen molar-refractivity contribution in [3.8, 4) is 5.75 Å². The number of alkyl halides is 3. The van der Waals surface area contributed by atoms with Gasteiger partial charge in [0, 0.05) is 25.7 Å². The van der Waals surface area contributed by atoms with Crippen molar-refractivity contribution in [2.75, 3.05) is 0 Å². The number of aromatic nitrogens is 4. The summed E-state index contributed by atoms with van der Waals surface area (Å²) in [6.07, 6.45) is 1.51. The minimum absolute atomic E-state index is 0.200. The number of fused-ring (bicyclic) bond motifs is 1. The summed E-state index contributed by atoms with van der Waals surface area (Å²) in [5.74, 6) is 0.826. The van der Waals surface area contributed by atoms with Gasteiger partial charge in [0.2, 0.25) is 0 Å². The summed E-state index contributed by atoms with van der Waals surface area (Å²) in [6.45, 7) is 1.79. The zero-order valence-corrected chi connectivity index (χ0v) is 15.9. The number of primary amides is 1. The lowest BCUT2D eigenvalue weighted by Gasteiger charge is -2.08. The molecular weight excluding hydrogens is 387 g/mol. The van der Waals surface area contributed by atoms with Crippen LogP contribution in [0.15, 0.2) is 30.6 Å². The van der Waals surface area contributed by atoms with E-state index < -0.39 is 12.3 Å². The molecule has 4 rings (SSSR count). The van der Waals surface area contributed by atoms with Gasteiger partial charge in [0.25, 0.3) is 5.91 Å². The summed E-state index contributed by atoms with van der Waals surface area (Å²) < 4.78 is 42.3. The number of amides is 1. The number of nitrogens with zero attached hydrogens (tertiary/aromatic N) is 4. The molecule has 1 fully saturated rings. The van der Waals surface area contributed by atoms with Gasteiger partial charge in [0.1, 0.15) is 17.3 Å². The molecule has 154 valence electrons. The Hall–Kier alpha value is -3.17. The van der Waals surface area contributed by atoms with Gasteiger partial charge in [-0.1, -0.05) is 0 Å². The van der Waals surface area contributed by atoms with Gasteiger partial charge in [-0.05, 0) is 37.8 Å². The molecule has 0 aliphatic heterocycles. The highest BCUT2D eigenvalue weighted by atomic mass is 19.4. The topological polar surface area (TPSA) is 95.9 Å². The van der Waals surface area contributed by atoms with Crippen LogP contribution in [0.5, 0.6) is 5.75 Å². The first-order valence-corrected chi connectivity index (χ1v) is 8.92. The number of imidazole rings is 1. The fourth-order valence-electron chi connectivity index (χ4n) is 2.71. The molecule has 1 aliphatic rings. The number of carbonyl (C=O) groups is 1. The number of carbonyl (C=O) groups excluding carboxylic acids is 1. The zero-order valence-electron chi connectivity index (χ0n) is 15.9. The van der Waals surface area contributed by atoms with E-state index in [1.807, 2.05) is 11.6 Å². The first-order valence-electron chi connectivity index (χ1n) is 8.92. The third kappa shape index (κ3) is 5.66. The summed E-state index contributed by atoms with van der Waals surface area (Å²) in [7, 11) is 1.89. The van der Waals surface area contributed by atoms with Gasteiger partial charge in [-0.2, -0.15) is 0 Å². The Labute approximate surface area is 164 Å². The van der Waals surface area contributed by atoms with Gasteiger partial charge < -0.3 is 15.0 Å². The first-order chi connectivity index (χ1) is 13.6. The SMILES string of the molecule is Cc1cnc(C(N)=O)cn1.Cn1c(CC2CC2)nc2cc(OC(F)(F)F)ccc21. The third-order valence-electron chi connectivity index (χ3n) is 4.38. The maximum atomic E-state index is 12.2. The van der Waals surface area contributed by atoms with E-state index in [0.29, 0.717) is 11.4 Å². The highest BCUT2D eigenvalue weighted by Crippen LogP contribution is 2.33. The van der Waals surface area contributed by atoms with Crippen LogP contribution in [-0.4, -0.2) is 31.8 Å². The smallest absolute Gasteiger partial charge is 0.406 e. The Morgan fingerprint density at radius 1 is 1.28 bits per heavy atom. The van der Waals surface area contributed by atoms with Crippen LogP contribution in [0.4, 0.5) is 13.2 Å². The molecule has 3 aromatic rings. The molecule has 1 aromatic carbocycles. The minimum atomic E-state index is -4.67. The standard InChI is InChI=1S/C13H13F3N2O.C6H7N3O/c1-18-11-5-4-9(19-13(14,15)16)7-10(11)17-12(18)6-8-2-3-8;1-4-2-9-5(3-8-4)6(7)10/h4-5,7-8H,2-3,6H2,1H3;2-3H,1H3,(H2,7,10). The summed E-state index contributed by atoms with van der Waals surface area (Å²) in [6, 6.07) is 4.26. The van der Waals surface area contributed by atoms with E-state index in [2.05, 4.69) is 19.7 Å². The van der Waals surface area contributed by atoms with E-state index in [4.69, 9.17) is 5.73 Å². The van der Waals surface area contributed by atoms with E-state index in [1.165, 1.54) is 37.4 Å². The van der Waals surface area contributed by atoms with Gasteiger partial charge in [0.15, 0.2) is 0 Å². The van der Waals surface area contributed by atoms with Gasteiger partial charge >= 0.3 is 6.36 Å². The second-order valence-corrected chi connectivity index (χ2v) is 6.84. The Bertz CT molecular complexity index is 1010. The lowest BCUT2D eigenvalue weighted by atomic mass is 10.3. The molecule has 2 N–H and O–H groups in total. The number of nitrogens with two attached hydrogens (primary N) is 1. The maximum absolute atomic E-state index is 12.2. The molecule has 0 radical (unpaired) electrons. The highest BCUT2D eigenvalue weighted by molar-refractivity contribution is 5.90. The molecule has 1 amide bonds. The van der Waals surface area contributed by atoms with Crippen molar-refractivity contribution in [3.05, 3.63) is 47.8 Å². The maximum Gasteiger partial charge on any atom is 0.573 e. The number of halogens is 3. The van der Waals surface area contributed by atoms with Crippen LogP contribution < -0.4 is 10.5 Å². The van der Waals surface area contributed by atoms with Crippen molar-refractivity contribution in [1.29, 1.82) is 0 Å². The van der Waals surface area contributed by atoms with Gasteiger partial charge in [-0.15, -0.1) is 13.2 Å². The summed E-state index contributed by atoms with van der Waals surface area (Å²) in [4.78, 5) is 22.4. The second kappa shape index (κ2) is 8.06. The van der Waals surface area contributed by atoms with Crippen molar-refractivity contribution in [1.82, 2.24) is 19.5 Å². The minimum Gasteiger partial charge on any atom is -0.406 e. The monoisotopic (exact) mass is 407 g/mol. The van der Waals surface area contributed by atoms with E-state index >= 15 is 0 Å². The molecule has 0 bridgehead atoms. The molecule has 0 unspecified atom stereocenters. The fourth-order valence-corrected chi connectivity index (χ4v) is 2.71. The van der Waals surface area contributed by atoms with E-state index in [1.54, 1.807) is 13.0 Å². The van der Waals surface area contributed by atoms with Crippen molar-refractivity contribution in [2.45, 2.75) is 32.5 Å². The molecule has 1 saturated carbocycles. The number of hydrogen-bond acceptors (Lipinski definition) is 5. The van der Waals surface area contributed by atoms with E-state index in [-0.39, 0.29) is 11.4 Å². The molecule has 0 spiro atoms. The van der Waals surface area contributed by atoms with Gasteiger partial charge in [-0.3, -0.25) is 9.78 Å². The van der Waals surface area contributed by atoms with Crippen LogP contribution in [0.25, 0.3) is 11.0 Å². The highest BCUT2D eigenvalue weighted by Gasteiger charge is 2.31. The van der Waals surface area contributed by atoms with Crippen LogP contribution in [0.2, 0.25) is 0 Å². The summed E-state index contributed by atoms with van der Waals surface area (Å²) in [5, 5.41) is 0. The average molecular weight is 407 g/mol. The quantitative estimate of drug-likeness (QED) is 0.716. The Morgan fingerprint density at radius 2 is 2.00 bits per heavy atom.